The third-order valence-corrected chi connectivity index (χ3v) is 2.58. The quantitative estimate of drug-likeness (QED) is 0.650. The minimum Gasteiger partial charge on any atom is -0.196 e. The van der Waals surface area contributed by atoms with Crippen molar-refractivity contribution in [1.29, 1.82) is 10.5 Å². The van der Waals surface area contributed by atoms with Gasteiger partial charge in [0.15, 0.2) is 11.1 Å². The largest absolute Gasteiger partial charge is 0.196 e. The van der Waals surface area contributed by atoms with E-state index in [4.69, 9.17) is 0 Å². The number of nitrogens with zero attached hydrogens (tertiary/aromatic N) is 4. The van der Waals surface area contributed by atoms with Crippen molar-refractivity contribution >= 4 is 24.8 Å². The summed E-state index contributed by atoms with van der Waals surface area (Å²) in [6.45, 7) is 11.7. The van der Waals surface area contributed by atoms with Crippen molar-refractivity contribution in [2.24, 2.45) is 22.1 Å². The van der Waals surface area contributed by atoms with Crippen LogP contribution in [0.3, 0.4) is 0 Å². The Hall–Kier alpha value is -0.840. The van der Waals surface area contributed by atoms with Crippen LogP contribution < -0.4 is 0 Å². The molecule has 4 nitrogen and oxygen atoms in total. The van der Waals surface area contributed by atoms with E-state index in [1.165, 1.54) is 0 Å². The second kappa shape index (κ2) is 9.97. The van der Waals surface area contributed by atoms with Gasteiger partial charge in [0.1, 0.15) is 0 Å². The van der Waals surface area contributed by atoms with E-state index >= 15 is 0 Å². The molecular weight excluding hydrogens is 295 g/mol. The highest BCUT2D eigenvalue weighted by Gasteiger charge is 2.29. The lowest BCUT2D eigenvalue weighted by Gasteiger charge is -2.22. The predicted octanol–water partition coefficient (Wildman–Crippen LogP) is 4.94. The zero-order valence-electron chi connectivity index (χ0n) is 13.2. The number of rotatable bonds is 6. The summed E-state index contributed by atoms with van der Waals surface area (Å²) in [5.41, 5.74) is -1.66. The summed E-state index contributed by atoms with van der Waals surface area (Å²) in [7, 11) is 0. The van der Waals surface area contributed by atoms with Gasteiger partial charge in [0.2, 0.25) is 0 Å². The Morgan fingerprint density at radius 3 is 1.20 bits per heavy atom. The third kappa shape index (κ3) is 9.13. The molecule has 0 spiro atoms. The van der Waals surface area contributed by atoms with E-state index in [9.17, 15) is 10.5 Å². The van der Waals surface area contributed by atoms with Gasteiger partial charge in [-0.05, 0) is 38.5 Å². The van der Waals surface area contributed by atoms with Gasteiger partial charge in [-0.1, -0.05) is 27.7 Å². The summed E-state index contributed by atoms with van der Waals surface area (Å²) >= 11 is 0. The zero-order valence-corrected chi connectivity index (χ0v) is 14.8. The fourth-order valence-corrected chi connectivity index (χ4v) is 2.03. The van der Waals surface area contributed by atoms with Gasteiger partial charge in [-0.3, -0.25) is 0 Å². The highest BCUT2D eigenvalue weighted by Crippen LogP contribution is 2.25. The molecule has 0 heterocycles. The molecule has 20 heavy (non-hydrogen) atoms. The Balaban J connectivity index is -0.00000144. The van der Waals surface area contributed by atoms with Gasteiger partial charge < -0.3 is 0 Å². The van der Waals surface area contributed by atoms with E-state index in [0.717, 1.165) is 0 Å². The molecule has 0 aromatic rings. The van der Waals surface area contributed by atoms with Crippen LogP contribution in [0.1, 0.15) is 54.4 Å². The lowest BCUT2D eigenvalue weighted by atomic mass is 9.92. The Morgan fingerprint density at radius 2 is 1.05 bits per heavy atom. The summed E-state index contributed by atoms with van der Waals surface area (Å²) in [4.78, 5) is 0. The molecule has 0 bridgehead atoms. The fourth-order valence-electron chi connectivity index (χ4n) is 2.03. The second-order valence-corrected chi connectivity index (χ2v) is 6.17. The lowest BCUT2D eigenvalue weighted by Crippen LogP contribution is -2.26. The first-order valence-corrected chi connectivity index (χ1v) is 6.43. The van der Waals surface area contributed by atoms with Gasteiger partial charge >= 0.3 is 0 Å². The van der Waals surface area contributed by atoms with Gasteiger partial charge in [-0.25, -0.2) is 0 Å². The molecule has 0 aliphatic carbocycles. The standard InChI is InChI=1S/C14H24N4.2ClH/c1-11(2)7-13(5,9-15)17-18-14(6,10-16)8-12(3)4;;/h11-12H,7-8H2,1-6H3;2*1H. The molecule has 6 heteroatoms. The van der Waals surface area contributed by atoms with Crippen LogP contribution in [0.4, 0.5) is 0 Å². The Kier molecular flexibility index (Phi) is 12.1. The van der Waals surface area contributed by atoms with Gasteiger partial charge in [0.05, 0.1) is 12.1 Å². The number of hydrogen-bond donors (Lipinski definition) is 0. The summed E-state index contributed by atoms with van der Waals surface area (Å²) in [6.07, 6.45) is 1.30. The molecule has 0 N–H and O–H groups in total. The number of halogens is 2. The topological polar surface area (TPSA) is 72.3 Å². The number of hydrogen-bond acceptors (Lipinski definition) is 4. The van der Waals surface area contributed by atoms with Gasteiger partial charge in [-0.2, -0.15) is 20.8 Å². The molecule has 0 rings (SSSR count). The molecular formula is C14H26Cl2N4. The average Bonchev–Trinajstić information content (AvgIpc) is 2.25. The highest BCUT2D eigenvalue weighted by atomic mass is 35.5. The zero-order chi connectivity index (χ0) is 14.4. The van der Waals surface area contributed by atoms with E-state index < -0.39 is 11.1 Å². The van der Waals surface area contributed by atoms with Crippen LogP contribution in [0.15, 0.2) is 10.2 Å². The normalized spacial score (nSPS) is 16.5. The van der Waals surface area contributed by atoms with E-state index in [2.05, 4.69) is 22.4 Å². The average molecular weight is 321 g/mol. The molecule has 0 aliphatic rings. The SMILES string of the molecule is CC(C)CC(C)(C#N)N=NC(C)(C#N)CC(C)C.Cl.Cl. The molecule has 0 aromatic carbocycles. The summed E-state index contributed by atoms with van der Waals surface area (Å²) < 4.78 is 0. The van der Waals surface area contributed by atoms with Crippen molar-refractivity contribution in [2.45, 2.75) is 65.5 Å². The minimum absolute atomic E-state index is 0. The maximum atomic E-state index is 9.20. The third-order valence-electron chi connectivity index (χ3n) is 2.58. The van der Waals surface area contributed by atoms with Crippen molar-refractivity contribution < 1.29 is 0 Å². The van der Waals surface area contributed by atoms with Crippen molar-refractivity contribution in [3.8, 4) is 12.1 Å². The molecule has 2 unspecified atom stereocenters. The molecule has 0 saturated carbocycles. The Labute approximate surface area is 135 Å². The van der Waals surface area contributed by atoms with Crippen molar-refractivity contribution in [3.63, 3.8) is 0 Å². The number of nitriles is 2. The van der Waals surface area contributed by atoms with E-state index in [1.54, 1.807) is 13.8 Å². The van der Waals surface area contributed by atoms with Crippen LogP contribution in [0.5, 0.6) is 0 Å². The number of azo groups is 1. The van der Waals surface area contributed by atoms with Crippen LogP contribution in [-0.4, -0.2) is 11.1 Å². The monoisotopic (exact) mass is 320 g/mol. The Morgan fingerprint density at radius 1 is 0.800 bits per heavy atom. The maximum absolute atomic E-state index is 9.20. The Bertz CT molecular complexity index is 346. The second-order valence-electron chi connectivity index (χ2n) is 6.17. The van der Waals surface area contributed by atoms with Crippen molar-refractivity contribution in [2.75, 3.05) is 0 Å². The first kappa shape index (κ1) is 24.2. The summed E-state index contributed by atoms with van der Waals surface area (Å²) in [6, 6.07) is 4.38. The molecule has 0 aromatic heterocycles. The molecule has 2 atom stereocenters. The predicted molar refractivity (Wildman–Crippen MR) is 86.3 cm³/mol. The van der Waals surface area contributed by atoms with Crippen molar-refractivity contribution in [1.82, 2.24) is 0 Å². The fraction of sp³-hybridized carbons (Fsp3) is 0.857. The van der Waals surface area contributed by atoms with E-state index in [-0.39, 0.29) is 24.8 Å². The first-order valence-electron chi connectivity index (χ1n) is 6.43. The van der Waals surface area contributed by atoms with Gasteiger partial charge in [0.25, 0.3) is 0 Å². The smallest absolute Gasteiger partial charge is 0.165 e. The molecule has 0 saturated heterocycles. The maximum Gasteiger partial charge on any atom is 0.165 e. The lowest BCUT2D eigenvalue weighted by molar-refractivity contribution is 0.384. The first-order chi connectivity index (χ1) is 8.16. The molecule has 0 radical (unpaired) electrons. The molecule has 0 amide bonds. The summed E-state index contributed by atoms with van der Waals surface area (Å²) in [5.74, 6) is 0.735. The van der Waals surface area contributed by atoms with E-state index in [1.807, 2.05) is 27.7 Å². The van der Waals surface area contributed by atoms with Crippen LogP contribution in [0, 0.1) is 34.5 Å². The highest BCUT2D eigenvalue weighted by molar-refractivity contribution is 5.85. The minimum atomic E-state index is -0.830. The van der Waals surface area contributed by atoms with Gasteiger partial charge in [0, 0.05) is 0 Å². The van der Waals surface area contributed by atoms with Gasteiger partial charge in [-0.15, -0.1) is 24.8 Å². The van der Waals surface area contributed by atoms with Crippen molar-refractivity contribution in [3.05, 3.63) is 0 Å². The molecule has 0 fully saturated rings. The summed E-state index contributed by atoms with van der Waals surface area (Å²) in [5, 5.41) is 26.7. The van der Waals surface area contributed by atoms with Crippen LogP contribution in [-0.2, 0) is 0 Å². The van der Waals surface area contributed by atoms with Crippen LogP contribution in [0.25, 0.3) is 0 Å². The molecule has 0 aliphatic heterocycles. The van der Waals surface area contributed by atoms with Crippen LogP contribution >= 0.6 is 24.8 Å². The van der Waals surface area contributed by atoms with Crippen LogP contribution in [0.2, 0.25) is 0 Å². The molecule has 116 valence electrons. The van der Waals surface area contributed by atoms with E-state index in [0.29, 0.717) is 24.7 Å².